The van der Waals surface area contributed by atoms with Gasteiger partial charge in [0, 0.05) is 12.1 Å². The molecule has 0 aliphatic carbocycles. The molecule has 0 aliphatic heterocycles. The average Bonchev–Trinajstić information content (AvgIpc) is 2.87. The van der Waals surface area contributed by atoms with Gasteiger partial charge >= 0.3 is 0 Å². The Hall–Kier alpha value is -1.86. The third kappa shape index (κ3) is 4.07. The van der Waals surface area contributed by atoms with Crippen molar-refractivity contribution in [2.24, 2.45) is 0 Å². The van der Waals surface area contributed by atoms with Crippen LogP contribution in [0.2, 0.25) is 0 Å². The van der Waals surface area contributed by atoms with Crippen LogP contribution in [0.1, 0.15) is 24.1 Å². The molecule has 0 radical (unpaired) electrons. The van der Waals surface area contributed by atoms with E-state index in [-0.39, 0.29) is 12.3 Å². The van der Waals surface area contributed by atoms with Gasteiger partial charge in [-0.1, -0.05) is 19.1 Å². The van der Waals surface area contributed by atoms with E-state index in [0.29, 0.717) is 17.1 Å². The van der Waals surface area contributed by atoms with Gasteiger partial charge in [-0.3, -0.25) is 0 Å². The van der Waals surface area contributed by atoms with Gasteiger partial charge in [-0.25, -0.2) is 18.1 Å². The number of hydrogen-bond acceptors (Lipinski definition) is 5. The van der Waals surface area contributed by atoms with Crippen LogP contribution in [0.5, 0.6) is 0 Å². The van der Waals surface area contributed by atoms with Crippen LogP contribution in [0, 0.1) is 0 Å². The Balaban J connectivity index is 1.95. The quantitative estimate of drug-likeness (QED) is 0.786. The standard InChI is InChI=1S/C13H17N3O3S/c1-2-12-7-15-13(19-12)8-16-20(17,18)9-10-3-5-11(14)6-4-10/h3-7,16H,2,8-9,14H2,1H3. The van der Waals surface area contributed by atoms with Gasteiger partial charge in [-0.2, -0.15) is 0 Å². The smallest absolute Gasteiger partial charge is 0.216 e. The molecular weight excluding hydrogens is 278 g/mol. The van der Waals surface area contributed by atoms with Crippen LogP contribution in [0.15, 0.2) is 34.9 Å². The Morgan fingerprint density at radius 1 is 1.30 bits per heavy atom. The normalized spacial score (nSPS) is 11.7. The lowest BCUT2D eigenvalue weighted by Gasteiger charge is -2.05. The second-order valence-corrected chi connectivity index (χ2v) is 6.20. The summed E-state index contributed by atoms with van der Waals surface area (Å²) in [6.07, 6.45) is 2.33. The number of benzene rings is 1. The predicted molar refractivity (Wildman–Crippen MR) is 76.2 cm³/mol. The highest BCUT2D eigenvalue weighted by molar-refractivity contribution is 7.88. The van der Waals surface area contributed by atoms with Crippen molar-refractivity contribution in [2.75, 3.05) is 5.73 Å². The molecule has 0 amide bonds. The number of nitrogens with two attached hydrogens (primary N) is 1. The number of hydrogen-bond donors (Lipinski definition) is 2. The second-order valence-electron chi connectivity index (χ2n) is 4.40. The van der Waals surface area contributed by atoms with Crippen LogP contribution in [0.4, 0.5) is 5.69 Å². The van der Waals surface area contributed by atoms with Crippen LogP contribution in [0.3, 0.4) is 0 Å². The first-order chi connectivity index (χ1) is 9.48. The first-order valence-corrected chi connectivity index (χ1v) is 7.89. The largest absolute Gasteiger partial charge is 0.444 e. The molecule has 3 N–H and O–H groups in total. The maximum atomic E-state index is 11.9. The molecule has 0 unspecified atom stereocenters. The Kier molecular flexibility index (Phi) is 4.41. The lowest BCUT2D eigenvalue weighted by Crippen LogP contribution is -2.24. The van der Waals surface area contributed by atoms with Gasteiger partial charge < -0.3 is 10.2 Å². The van der Waals surface area contributed by atoms with E-state index in [1.807, 2.05) is 6.92 Å². The van der Waals surface area contributed by atoms with E-state index in [9.17, 15) is 8.42 Å². The van der Waals surface area contributed by atoms with Crippen molar-refractivity contribution < 1.29 is 12.8 Å². The summed E-state index contributed by atoms with van der Waals surface area (Å²) in [6.45, 7) is 1.99. The summed E-state index contributed by atoms with van der Waals surface area (Å²) in [7, 11) is -3.43. The number of nitrogens with zero attached hydrogens (tertiary/aromatic N) is 1. The van der Waals surface area contributed by atoms with Crippen molar-refractivity contribution in [3.05, 3.63) is 47.7 Å². The summed E-state index contributed by atoms with van der Waals surface area (Å²) in [5.41, 5.74) is 6.83. The summed E-state index contributed by atoms with van der Waals surface area (Å²) in [4.78, 5) is 4.00. The number of sulfonamides is 1. The maximum Gasteiger partial charge on any atom is 0.216 e. The molecule has 0 saturated carbocycles. The highest BCUT2D eigenvalue weighted by atomic mass is 32.2. The van der Waals surface area contributed by atoms with Gasteiger partial charge in [0.05, 0.1) is 18.5 Å². The average molecular weight is 295 g/mol. The maximum absolute atomic E-state index is 11.9. The van der Waals surface area contributed by atoms with Crippen LogP contribution in [-0.4, -0.2) is 13.4 Å². The van der Waals surface area contributed by atoms with E-state index in [0.717, 1.165) is 12.2 Å². The topological polar surface area (TPSA) is 98.2 Å². The molecule has 7 heteroatoms. The minimum atomic E-state index is -3.43. The zero-order chi connectivity index (χ0) is 14.6. The molecule has 0 aliphatic rings. The molecule has 108 valence electrons. The SMILES string of the molecule is CCc1cnc(CNS(=O)(=O)Cc2ccc(N)cc2)o1. The van der Waals surface area contributed by atoms with Gasteiger partial charge in [0.15, 0.2) is 0 Å². The highest BCUT2D eigenvalue weighted by Crippen LogP contribution is 2.09. The molecule has 0 spiro atoms. The number of aryl methyl sites for hydroxylation is 1. The summed E-state index contributed by atoms with van der Waals surface area (Å²) in [5.74, 6) is 0.995. The van der Waals surface area contributed by atoms with E-state index in [1.54, 1.807) is 30.5 Å². The fourth-order valence-corrected chi connectivity index (χ4v) is 2.73. The third-order valence-corrected chi connectivity index (χ3v) is 4.03. The molecule has 0 saturated heterocycles. The summed E-state index contributed by atoms with van der Waals surface area (Å²) < 4.78 is 31.6. The van der Waals surface area contributed by atoms with Gasteiger partial charge in [0.25, 0.3) is 0 Å². The molecule has 0 bridgehead atoms. The zero-order valence-electron chi connectivity index (χ0n) is 11.2. The van der Waals surface area contributed by atoms with Crippen molar-refractivity contribution in [1.29, 1.82) is 0 Å². The van der Waals surface area contributed by atoms with Crippen LogP contribution >= 0.6 is 0 Å². The number of oxazole rings is 1. The molecule has 6 nitrogen and oxygen atoms in total. The molecule has 0 fully saturated rings. The Bertz CT molecular complexity index is 662. The first-order valence-electron chi connectivity index (χ1n) is 6.24. The molecule has 2 aromatic rings. The lowest BCUT2D eigenvalue weighted by molar-refractivity contribution is 0.452. The van der Waals surface area contributed by atoms with E-state index >= 15 is 0 Å². The third-order valence-electron chi connectivity index (χ3n) is 2.73. The van der Waals surface area contributed by atoms with Crippen molar-refractivity contribution in [3.8, 4) is 0 Å². The molecule has 20 heavy (non-hydrogen) atoms. The highest BCUT2D eigenvalue weighted by Gasteiger charge is 2.13. The minimum Gasteiger partial charge on any atom is -0.444 e. The van der Waals surface area contributed by atoms with Gasteiger partial charge in [-0.05, 0) is 17.7 Å². The molecular formula is C13H17N3O3S. The summed E-state index contributed by atoms with van der Waals surface area (Å²) in [5, 5.41) is 0. The second kappa shape index (κ2) is 6.06. The Labute approximate surface area is 118 Å². The fraction of sp³-hybridized carbons (Fsp3) is 0.308. The van der Waals surface area contributed by atoms with Gasteiger partial charge in [0.2, 0.25) is 15.9 Å². The molecule has 2 rings (SSSR count). The van der Waals surface area contributed by atoms with Crippen molar-refractivity contribution in [3.63, 3.8) is 0 Å². The van der Waals surface area contributed by atoms with E-state index < -0.39 is 10.0 Å². The van der Waals surface area contributed by atoms with E-state index in [2.05, 4.69) is 9.71 Å². The number of anilines is 1. The first kappa shape index (κ1) is 14.5. The Morgan fingerprint density at radius 2 is 2.00 bits per heavy atom. The van der Waals surface area contributed by atoms with E-state index in [4.69, 9.17) is 10.2 Å². The van der Waals surface area contributed by atoms with Crippen LogP contribution in [0.25, 0.3) is 0 Å². The van der Waals surface area contributed by atoms with Crippen LogP contribution < -0.4 is 10.5 Å². The number of nitrogens with one attached hydrogen (secondary N) is 1. The monoisotopic (exact) mass is 295 g/mol. The molecule has 1 aromatic heterocycles. The van der Waals surface area contributed by atoms with Gasteiger partial charge in [0.1, 0.15) is 5.76 Å². The lowest BCUT2D eigenvalue weighted by atomic mass is 10.2. The zero-order valence-corrected chi connectivity index (χ0v) is 12.0. The number of nitrogen functional groups attached to an aromatic ring is 1. The van der Waals surface area contributed by atoms with E-state index in [1.165, 1.54) is 0 Å². The van der Waals surface area contributed by atoms with Gasteiger partial charge in [-0.15, -0.1) is 0 Å². The minimum absolute atomic E-state index is 0.0529. The van der Waals surface area contributed by atoms with Crippen molar-refractivity contribution in [2.45, 2.75) is 25.6 Å². The fourth-order valence-electron chi connectivity index (χ4n) is 1.65. The van der Waals surface area contributed by atoms with Crippen molar-refractivity contribution >= 4 is 15.7 Å². The number of aromatic nitrogens is 1. The van der Waals surface area contributed by atoms with Crippen molar-refractivity contribution in [1.82, 2.24) is 9.71 Å². The molecule has 1 heterocycles. The molecule has 0 atom stereocenters. The summed E-state index contributed by atoms with van der Waals surface area (Å²) >= 11 is 0. The number of rotatable bonds is 6. The predicted octanol–water partition coefficient (Wildman–Crippen LogP) is 1.44. The van der Waals surface area contributed by atoms with Crippen LogP contribution in [-0.2, 0) is 28.7 Å². The molecule has 1 aromatic carbocycles. The Morgan fingerprint density at radius 3 is 2.60 bits per heavy atom. The summed E-state index contributed by atoms with van der Waals surface area (Å²) in [6, 6.07) is 6.72.